The van der Waals surface area contributed by atoms with Gasteiger partial charge >= 0.3 is 12.2 Å². The maximum atomic E-state index is 12.1. The first kappa shape index (κ1) is 23.5. The first-order valence-electron chi connectivity index (χ1n) is 10.4. The molecule has 0 bridgehead atoms. The van der Waals surface area contributed by atoms with Gasteiger partial charge in [0, 0.05) is 32.1 Å². The van der Waals surface area contributed by atoms with Crippen LogP contribution in [0.4, 0.5) is 9.59 Å². The lowest BCUT2D eigenvalue weighted by Gasteiger charge is -2.33. The molecule has 1 aliphatic rings. The monoisotopic (exact) mass is 419 g/mol. The number of nitrogens with zero attached hydrogens (tertiary/aromatic N) is 1. The highest BCUT2D eigenvalue weighted by molar-refractivity contribution is 5.76. The second-order valence-corrected chi connectivity index (χ2v) is 8.40. The molecule has 166 valence electrons. The van der Waals surface area contributed by atoms with E-state index in [9.17, 15) is 14.4 Å². The van der Waals surface area contributed by atoms with E-state index in [2.05, 4.69) is 10.6 Å². The van der Waals surface area contributed by atoms with Gasteiger partial charge < -0.3 is 25.0 Å². The minimum absolute atomic E-state index is 0.0508. The third-order valence-corrected chi connectivity index (χ3v) is 4.57. The Labute approximate surface area is 178 Å². The number of amides is 3. The lowest BCUT2D eigenvalue weighted by atomic mass is 10.1. The molecule has 0 unspecified atom stereocenters. The second-order valence-electron chi connectivity index (χ2n) is 8.40. The van der Waals surface area contributed by atoms with Gasteiger partial charge in [-0.2, -0.15) is 0 Å². The fourth-order valence-electron chi connectivity index (χ4n) is 3.05. The molecule has 30 heavy (non-hydrogen) atoms. The molecule has 8 heteroatoms. The standard InChI is InChI=1S/C22H33N3O5/c1-22(2,3)30-21(28)25-14-11-18(12-15-25)24-19(26)10-7-13-23-20(27)29-16-17-8-5-4-6-9-17/h4-6,8-9,18H,7,10-16H2,1-3H3,(H,23,27)(H,24,26). The largest absolute Gasteiger partial charge is 0.445 e. The van der Waals surface area contributed by atoms with E-state index in [1.807, 2.05) is 51.1 Å². The Bertz CT molecular complexity index is 694. The van der Waals surface area contributed by atoms with E-state index in [1.54, 1.807) is 4.90 Å². The summed E-state index contributed by atoms with van der Waals surface area (Å²) in [5.74, 6) is -0.0508. The Morgan fingerprint density at radius 1 is 1.10 bits per heavy atom. The summed E-state index contributed by atoms with van der Waals surface area (Å²) in [7, 11) is 0. The van der Waals surface area contributed by atoms with Crippen LogP contribution in [0.25, 0.3) is 0 Å². The fraction of sp³-hybridized carbons (Fsp3) is 0.591. The summed E-state index contributed by atoms with van der Waals surface area (Å²) in [6, 6.07) is 9.50. The number of carbonyl (C=O) groups is 3. The first-order valence-corrected chi connectivity index (χ1v) is 10.4. The average molecular weight is 420 g/mol. The molecule has 3 amide bonds. The highest BCUT2D eigenvalue weighted by atomic mass is 16.6. The zero-order valence-electron chi connectivity index (χ0n) is 18.1. The first-order chi connectivity index (χ1) is 14.2. The third-order valence-electron chi connectivity index (χ3n) is 4.57. The van der Waals surface area contributed by atoms with Crippen LogP contribution in [-0.4, -0.2) is 54.3 Å². The van der Waals surface area contributed by atoms with Gasteiger partial charge in [0.05, 0.1) is 0 Å². The molecule has 1 heterocycles. The molecular weight excluding hydrogens is 386 g/mol. The Hall–Kier alpha value is -2.77. The molecule has 2 N–H and O–H groups in total. The second kappa shape index (κ2) is 11.4. The zero-order chi connectivity index (χ0) is 22.0. The van der Waals surface area contributed by atoms with E-state index in [0.29, 0.717) is 45.3 Å². The predicted molar refractivity (Wildman–Crippen MR) is 113 cm³/mol. The molecule has 0 atom stereocenters. The Morgan fingerprint density at radius 2 is 1.77 bits per heavy atom. The Kier molecular flexibility index (Phi) is 8.95. The highest BCUT2D eigenvalue weighted by Gasteiger charge is 2.27. The highest BCUT2D eigenvalue weighted by Crippen LogP contribution is 2.15. The normalized spacial score (nSPS) is 14.7. The molecule has 0 aliphatic carbocycles. The molecule has 1 aliphatic heterocycles. The van der Waals surface area contributed by atoms with Crippen molar-refractivity contribution in [3.8, 4) is 0 Å². The number of hydrogen-bond donors (Lipinski definition) is 2. The van der Waals surface area contributed by atoms with Gasteiger partial charge in [0.15, 0.2) is 0 Å². The summed E-state index contributed by atoms with van der Waals surface area (Å²) < 4.78 is 10.5. The van der Waals surface area contributed by atoms with Gasteiger partial charge in [0.2, 0.25) is 5.91 Å². The van der Waals surface area contributed by atoms with Gasteiger partial charge in [-0.25, -0.2) is 9.59 Å². The minimum Gasteiger partial charge on any atom is -0.445 e. The van der Waals surface area contributed by atoms with Crippen molar-refractivity contribution in [3.05, 3.63) is 35.9 Å². The van der Waals surface area contributed by atoms with Crippen molar-refractivity contribution in [1.82, 2.24) is 15.5 Å². The third kappa shape index (κ3) is 9.15. The fourth-order valence-corrected chi connectivity index (χ4v) is 3.05. The summed E-state index contributed by atoms with van der Waals surface area (Å²) in [6.07, 6.45) is 1.46. The lowest BCUT2D eigenvalue weighted by molar-refractivity contribution is -0.122. The maximum Gasteiger partial charge on any atom is 0.410 e. The molecule has 1 aromatic rings. The number of carbonyl (C=O) groups excluding carboxylic acids is 3. The predicted octanol–water partition coefficient (Wildman–Crippen LogP) is 3.21. The number of likely N-dealkylation sites (tertiary alicyclic amines) is 1. The minimum atomic E-state index is -0.510. The van der Waals surface area contributed by atoms with E-state index in [4.69, 9.17) is 9.47 Å². The number of piperidine rings is 1. The van der Waals surface area contributed by atoms with Crippen molar-refractivity contribution in [3.63, 3.8) is 0 Å². The molecule has 0 radical (unpaired) electrons. The van der Waals surface area contributed by atoms with Gasteiger partial charge in [0.1, 0.15) is 12.2 Å². The van der Waals surface area contributed by atoms with E-state index in [0.717, 1.165) is 5.56 Å². The average Bonchev–Trinajstić information content (AvgIpc) is 2.70. The molecule has 2 rings (SSSR count). The van der Waals surface area contributed by atoms with Crippen molar-refractivity contribution < 1.29 is 23.9 Å². The molecule has 8 nitrogen and oxygen atoms in total. The van der Waals surface area contributed by atoms with Crippen LogP contribution >= 0.6 is 0 Å². The van der Waals surface area contributed by atoms with Gasteiger partial charge in [-0.05, 0) is 45.6 Å². The Balaban J connectivity index is 1.54. The topological polar surface area (TPSA) is 97.0 Å². The molecule has 1 fully saturated rings. The van der Waals surface area contributed by atoms with Gasteiger partial charge in [0.25, 0.3) is 0 Å². The van der Waals surface area contributed by atoms with E-state index in [1.165, 1.54) is 0 Å². The van der Waals surface area contributed by atoms with Crippen LogP contribution in [0.2, 0.25) is 0 Å². The number of hydrogen-bond acceptors (Lipinski definition) is 5. The van der Waals surface area contributed by atoms with Crippen LogP contribution in [-0.2, 0) is 20.9 Å². The van der Waals surface area contributed by atoms with Crippen LogP contribution in [0, 0.1) is 0 Å². The molecule has 1 aromatic carbocycles. The van der Waals surface area contributed by atoms with Crippen molar-refractivity contribution in [2.75, 3.05) is 19.6 Å². The van der Waals surface area contributed by atoms with Crippen molar-refractivity contribution >= 4 is 18.1 Å². The summed E-state index contributed by atoms with van der Waals surface area (Å²) in [5.41, 5.74) is 0.411. The van der Waals surface area contributed by atoms with E-state index < -0.39 is 11.7 Å². The summed E-state index contributed by atoms with van der Waals surface area (Å²) >= 11 is 0. The number of ether oxygens (including phenoxy) is 2. The summed E-state index contributed by atoms with van der Waals surface area (Å²) in [4.78, 5) is 37.5. The quantitative estimate of drug-likeness (QED) is 0.662. The van der Waals surface area contributed by atoms with Crippen molar-refractivity contribution in [2.24, 2.45) is 0 Å². The van der Waals surface area contributed by atoms with Crippen LogP contribution in [0.15, 0.2) is 30.3 Å². The van der Waals surface area contributed by atoms with Crippen molar-refractivity contribution in [1.29, 1.82) is 0 Å². The van der Waals surface area contributed by atoms with Crippen LogP contribution in [0.3, 0.4) is 0 Å². The number of nitrogens with one attached hydrogen (secondary N) is 2. The van der Waals surface area contributed by atoms with E-state index in [-0.39, 0.29) is 24.6 Å². The Morgan fingerprint density at radius 3 is 2.40 bits per heavy atom. The van der Waals surface area contributed by atoms with Crippen LogP contribution in [0.5, 0.6) is 0 Å². The molecule has 0 aromatic heterocycles. The number of rotatable bonds is 7. The van der Waals surface area contributed by atoms with Crippen LogP contribution in [0.1, 0.15) is 52.0 Å². The molecular formula is C22H33N3O5. The summed E-state index contributed by atoms with van der Waals surface area (Å²) in [5, 5.41) is 5.65. The summed E-state index contributed by atoms with van der Waals surface area (Å²) in [6.45, 7) is 7.25. The van der Waals surface area contributed by atoms with Gasteiger partial charge in [-0.1, -0.05) is 30.3 Å². The van der Waals surface area contributed by atoms with E-state index >= 15 is 0 Å². The maximum absolute atomic E-state index is 12.1. The molecule has 1 saturated heterocycles. The SMILES string of the molecule is CC(C)(C)OC(=O)N1CCC(NC(=O)CCCNC(=O)OCc2ccccc2)CC1. The van der Waals surface area contributed by atoms with Gasteiger partial charge in [-0.15, -0.1) is 0 Å². The molecule has 0 spiro atoms. The molecule has 0 saturated carbocycles. The van der Waals surface area contributed by atoms with Gasteiger partial charge in [-0.3, -0.25) is 4.79 Å². The zero-order valence-corrected chi connectivity index (χ0v) is 18.1. The van der Waals surface area contributed by atoms with Crippen molar-refractivity contribution in [2.45, 2.75) is 64.7 Å². The lowest BCUT2D eigenvalue weighted by Crippen LogP contribution is -2.47. The smallest absolute Gasteiger partial charge is 0.410 e. The number of alkyl carbamates (subject to hydrolysis) is 1. The number of benzene rings is 1. The van der Waals surface area contributed by atoms with Crippen LogP contribution < -0.4 is 10.6 Å².